The molecule has 12 heavy (non-hydrogen) atoms. The van der Waals surface area contributed by atoms with Gasteiger partial charge >= 0.3 is 5.97 Å². The topological polar surface area (TPSA) is 43.4 Å². The minimum absolute atomic E-state index is 0.124. The van der Waals surface area contributed by atoms with Crippen LogP contribution in [0.5, 0.6) is 0 Å². The van der Waals surface area contributed by atoms with Crippen LogP contribution in [-0.4, -0.2) is 18.9 Å². The van der Waals surface area contributed by atoms with Crippen molar-refractivity contribution in [2.45, 2.75) is 26.2 Å². The van der Waals surface area contributed by atoms with Gasteiger partial charge in [-0.2, -0.15) is 0 Å². The van der Waals surface area contributed by atoms with E-state index in [1.165, 1.54) is 7.11 Å². The molecule has 3 nitrogen and oxygen atoms in total. The average Bonchev–Trinajstić information content (AvgIpc) is 2.49. The minimum atomic E-state index is -0.199. The van der Waals surface area contributed by atoms with E-state index in [4.69, 9.17) is 0 Å². The number of rotatable bonds is 2. The van der Waals surface area contributed by atoms with Gasteiger partial charge in [-0.15, -0.1) is 0 Å². The maximum Gasteiger partial charge on any atom is 0.308 e. The van der Waals surface area contributed by atoms with Crippen molar-refractivity contribution in [3.63, 3.8) is 0 Å². The molecule has 0 aromatic heterocycles. The summed E-state index contributed by atoms with van der Waals surface area (Å²) in [6.07, 6.45) is 2.03. The fourth-order valence-corrected chi connectivity index (χ4v) is 1.65. The molecule has 68 valence electrons. The number of ketones is 1. The highest BCUT2D eigenvalue weighted by atomic mass is 16.5. The van der Waals surface area contributed by atoms with Gasteiger partial charge in [-0.25, -0.2) is 0 Å². The minimum Gasteiger partial charge on any atom is -0.469 e. The molecule has 0 saturated heterocycles. The van der Waals surface area contributed by atoms with E-state index < -0.39 is 0 Å². The number of ether oxygens (including phenoxy) is 1. The number of hydrogen-bond acceptors (Lipinski definition) is 3. The van der Waals surface area contributed by atoms with Crippen molar-refractivity contribution < 1.29 is 14.3 Å². The fourth-order valence-electron chi connectivity index (χ4n) is 1.65. The van der Waals surface area contributed by atoms with Crippen molar-refractivity contribution in [1.82, 2.24) is 0 Å². The van der Waals surface area contributed by atoms with Gasteiger partial charge in [0.2, 0.25) is 0 Å². The molecule has 0 aliphatic heterocycles. The summed E-state index contributed by atoms with van der Waals surface area (Å²) in [4.78, 5) is 22.0. The highest BCUT2D eigenvalue weighted by Gasteiger charge is 2.31. The molecular weight excluding hydrogens is 156 g/mol. The van der Waals surface area contributed by atoms with Crippen LogP contribution in [0.25, 0.3) is 0 Å². The molecule has 0 radical (unpaired) electrons. The number of Topliss-reactive ketones (excluding diaryl/α,β-unsaturated/α-hetero) is 1. The molecule has 2 atom stereocenters. The van der Waals surface area contributed by atoms with Gasteiger partial charge in [-0.3, -0.25) is 9.59 Å². The van der Waals surface area contributed by atoms with Gasteiger partial charge in [0.1, 0.15) is 5.78 Å². The Morgan fingerprint density at radius 3 is 2.75 bits per heavy atom. The average molecular weight is 170 g/mol. The van der Waals surface area contributed by atoms with E-state index in [9.17, 15) is 9.59 Å². The Morgan fingerprint density at radius 2 is 2.33 bits per heavy atom. The van der Waals surface area contributed by atoms with Crippen LogP contribution >= 0.6 is 0 Å². The van der Waals surface area contributed by atoms with Gasteiger partial charge in [0, 0.05) is 12.8 Å². The van der Waals surface area contributed by atoms with Crippen molar-refractivity contribution in [1.29, 1.82) is 0 Å². The Balaban J connectivity index is 2.48. The highest BCUT2D eigenvalue weighted by molar-refractivity contribution is 5.82. The number of methoxy groups -OCH3 is 1. The molecule has 1 unspecified atom stereocenters. The van der Waals surface area contributed by atoms with Crippen LogP contribution in [0.15, 0.2) is 0 Å². The van der Waals surface area contributed by atoms with E-state index in [1.54, 1.807) is 0 Å². The quantitative estimate of drug-likeness (QED) is 0.584. The van der Waals surface area contributed by atoms with E-state index in [1.807, 2.05) is 6.92 Å². The van der Waals surface area contributed by atoms with Crippen LogP contribution < -0.4 is 0 Å². The molecule has 1 aliphatic carbocycles. The molecule has 0 bridgehead atoms. The predicted molar refractivity (Wildman–Crippen MR) is 43.5 cm³/mol. The van der Waals surface area contributed by atoms with Gasteiger partial charge < -0.3 is 4.74 Å². The van der Waals surface area contributed by atoms with Gasteiger partial charge in [-0.05, 0) is 12.3 Å². The lowest BCUT2D eigenvalue weighted by atomic mass is 9.93. The first-order valence-corrected chi connectivity index (χ1v) is 4.24. The summed E-state index contributed by atoms with van der Waals surface area (Å²) in [6, 6.07) is 0. The molecule has 1 fully saturated rings. The number of carbonyl (C=O) groups is 2. The maximum atomic E-state index is 11.1. The largest absolute Gasteiger partial charge is 0.469 e. The number of hydrogen-bond donors (Lipinski definition) is 0. The van der Waals surface area contributed by atoms with Crippen LogP contribution in [0.1, 0.15) is 26.2 Å². The van der Waals surface area contributed by atoms with Crippen molar-refractivity contribution >= 4 is 11.8 Å². The number of esters is 1. The second-order valence-corrected chi connectivity index (χ2v) is 3.35. The van der Waals surface area contributed by atoms with Gasteiger partial charge in [0.15, 0.2) is 0 Å². The third kappa shape index (κ3) is 1.84. The van der Waals surface area contributed by atoms with Crippen LogP contribution in [0, 0.1) is 11.8 Å². The molecule has 0 aromatic carbocycles. The van der Waals surface area contributed by atoms with Crippen molar-refractivity contribution in [3.05, 3.63) is 0 Å². The molecule has 1 aliphatic rings. The monoisotopic (exact) mass is 170 g/mol. The number of carbonyl (C=O) groups excluding carboxylic acids is 2. The molecule has 1 saturated carbocycles. The van der Waals surface area contributed by atoms with E-state index in [0.717, 1.165) is 6.42 Å². The van der Waals surface area contributed by atoms with Crippen molar-refractivity contribution in [2.75, 3.05) is 7.11 Å². The Morgan fingerprint density at radius 1 is 1.67 bits per heavy atom. The first-order valence-electron chi connectivity index (χ1n) is 4.24. The molecule has 0 spiro atoms. The summed E-state index contributed by atoms with van der Waals surface area (Å²) in [7, 11) is 1.38. The SMILES string of the molecule is COC(=O)[C@H](C)C1CCC(=O)C1. The second-order valence-electron chi connectivity index (χ2n) is 3.35. The summed E-state index contributed by atoms with van der Waals surface area (Å²) in [6.45, 7) is 1.83. The van der Waals surface area contributed by atoms with E-state index in [-0.39, 0.29) is 23.6 Å². The molecule has 0 aromatic rings. The Labute approximate surface area is 72.1 Å². The van der Waals surface area contributed by atoms with Gasteiger partial charge in [0.05, 0.1) is 13.0 Å². The lowest BCUT2D eigenvalue weighted by Gasteiger charge is -2.14. The zero-order chi connectivity index (χ0) is 9.14. The van der Waals surface area contributed by atoms with Crippen molar-refractivity contribution in [2.24, 2.45) is 11.8 Å². The molecule has 0 heterocycles. The Bertz CT molecular complexity index is 198. The van der Waals surface area contributed by atoms with Crippen LogP contribution in [0.2, 0.25) is 0 Å². The van der Waals surface area contributed by atoms with Crippen molar-refractivity contribution in [3.8, 4) is 0 Å². The van der Waals surface area contributed by atoms with Gasteiger partial charge in [0.25, 0.3) is 0 Å². The van der Waals surface area contributed by atoms with E-state index >= 15 is 0 Å². The van der Waals surface area contributed by atoms with Crippen LogP contribution in [0.4, 0.5) is 0 Å². The van der Waals surface area contributed by atoms with Crippen LogP contribution in [0.3, 0.4) is 0 Å². The summed E-state index contributed by atoms with van der Waals surface area (Å²) in [5.74, 6) is 0.164. The summed E-state index contributed by atoms with van der Waals surface area (Å²) >= 11 is 0. The van der Waals surface area contributed by atoms with Crippen LogP contribution in [-0.2, 0) is 14.3 Å². The van der Waals surface area contributed by atoms with E-state index in [2.05, 4.69) is 4.74 Å². The molecule has 1 rings (SSSR count). The zero-order valence-electron chi connectivity index (χ0n) is 7.50. The van der Waals surface area contributed by atoms with E-state index in [0.29, 0.717) is 12.8 Å². The maximum absolute atomic E-state index is 11.1. The standard InChI is InChI=1S/C9H14O3/c1-6(9(11)12-2)7-3-4-8(10)5-7/h6-7H,3-5H2,1-2H3/t6-,7?/m1/s1. The summed E-state index contributed by atoms with van der Waals surface area (Å²) < 4.78 is 4.61. The fraction of sp³-hybridized carbons (Fsp3) is 0.778. The van der Waals surface area contributed by atoms with Gasteiger partial charge in [-0.1, -0.05) is 6.92 Å². The summed E-state index contributed by atoms with van der Waals surface area (Å²) in [5, 5.41) is 0. The lowest BCUT2D eigenvalue weighted by Crippen LogP contribution is -2.20. The molecule has 0 amide bonds. The predicted octanol–water partition coefficient (Wildman–Crippen LogP) is 1.16. The second kappa shape index (κ2) is 3.70. The first-order chi connectivity index (χ1) is 5.65. The molecule has 3 heteroatoms. The summed E-state index contributed by atoms with van der Waals surface area (Å²) in [5.41, 5.74) is 0. The third-order valence-corrected chi connectivity index (χ3v) is 2.56. The first kappa shape index (κ1) is 9.23. The smallest absolute Gasteiger partial charge is 0.308 e. The zero-order valence-corrected chi connectivity index (χ0v) is 7.50. The Hall–Kier alpha value is -0.860. The lowest BCUT2D eigenvalue weighted by molar-refractivity contribution is -0.146. The third-order valence-electron chi connectivity index (χ3n) is 2.56. The Kier molecular flexibility index (Phi) is 2.84. The molecular formula is C9H14O3. The highest BCUT2D eigenvalue weighted by Crippen LogP contribution is 2.29. The molecule has 0 N–H and O–H groups in total. The normalized spacial score (nSPS) is 25.5.